The van der Waals surface area contributed by atoms with Gasteiger partial charge in [0.15, 0.2) is 0 Å². The number of rotatable bonds is 6. The lowest BCUT2D eigenvalue weighted by Gasteiger charge is -2.40. The molecule has 0 bridgehead atoms. The number of hydrogen-bond acceptors (Lipinski definition) is 5. The van der Waals surface area contributed by atoms with Crippen molar-refractivity contribution >= 4 is 23.9 Å². The van der Waals surface area contributed by atoms with Crippen molar-refractivity contribution in [2.75, 3.05) is 0 Å². The third kappa shape index (κ3) is 2.95. The second-order valence-corrected chi connectivity index (χ2v) is 6.90. The van der Waals surface area contributed by atoms with Crippen molar-refractivity contribution in [3.63, 3.8) is 0 Å². The predicted molar refractivity (Wildman–Crippen MR) is 102 cm³/mol. The molecule has 2 aromatic carbocycles. The zero-order valence-corrected chi connectivity index (χ0v) is 16.1. The maximum atomic E-state index is 11.7. The fraction of sp³-hybridized carbons (Fsp3) is 0.238. The van der Waals surface area contributed by atoms with Gasteiger partial charge in [-0.2, -0.15) is 0 Å². The van der Waals surface area contributed by atoms with E-state index in [0.717, 1.165) is 12.1 Å². The van der Waals surface area contributed by atoms with Gasteiger partial charge in [0.1, 0.15) is 11.5 Å². The summed E-state index contributed by atoms with van der Waals surface area (Å²) in [6.45, 7) is 3.64. The standard InChI is InChI=1S/C21H18O9/c1-3-21(4-2)13-5-9(17(22)23)11(19(26)27)7-15(13)30-16-8-12(20(28)29)10(18(24)25)6-14(16)21/h5-8H,3-4H2,1-2H3,(H,22,23)(H,24,25)(H,26,27)(H,28,29). The van der Waals surface area contributed by atoms with E-state index < -0.39 is 51.5 Å². The molecule has 4 N–H and O–H groups in total. The molecular formula is C21H18O9. The number of hydrogen-bond donors (Lipinski definition) is 4. The maximum absolute atomic E-state index is 11.7. The van der Waals surface area contributed by atoms with Gasteiger partial charge in [-0.3, -0.25) is 0 Å². The molecule has 30 heavy (non-hydrogen) atoms. The van der Waals surface area contributed by atoms with Crippen LogP contribution in [-0.2, 0) is 5.41 Å². The van der Waals surface area contributed by atoms with Crippen LogP contribution >= 0.6 is 0 Å². The summed E-state index contributed by atoms with van der Waals surface area (Å²) in [4.78, 5) is 46.4. The monoisotopic (exact) mass is 414 g/mol. The number of fused-ring (bicyclic) bond motifs is 2. The Morgan fingerprint density at radius 2 is 0.967 bits per heavy atom. The highest BCUT2D eigenvalue weighted by Crippen LogP contribution is 2.53. The quantitative estimate of drug-likeness (QED) is 0.553. The molecule has 0 spiro atoms. The van der Waals surface area contributed by atoms with E-state index in [0.29, 0.717) is 24.0 Å². The lowest BCUT2D eigenvalue weighted by molar-refractivity contribution is 0.0650. The van der Waals surface area contributed by atoms with Crippen LogP contribution in [0.3, 0.4) is 0 Å². The second-order valence-electron chi connectivity index (χ2n) is 6.90. The number of aromatic carboxylic acids is 4. The average molecular weight is 414 g/mol. The van der Waals surface area contributed by atoms with Crippen LogP contribution in [0.15, 0.2) is 24.3 Å². The second kappa shape index (κ2) is 7.18. The Balaban J connectivity index is 2.41. The Bertz CT molecular complexity index is 1030. The van der Waals surface area contributed by atoms with Gasteiger partial charge in [0.2, 0.25) is 0 Å². The molecule has 9 nitrogen and oxygen atoms in total. The van der Waals surface area contributed by atoms with Crippen molar-refractivity contribution in [3.8, 4) is 11.5 Å². The Morgan fingerprint density at radius 3 is 1.23 bits per heavy atom. The minimum atomic E-state index is -1.45. The van der Waals surface area contributed by atoms with Crippen LogP contribution < -0.4 is 4.74 Å². The fourth-order valence-electron chi connectivity index (χ4n) is 4.06. The van der Waals surface area contributed by atoms with Gasteiger partial charge in [-0.1, -0.05) is 13.8 Å². The lowest BCUT2D eigenvalue weighted by Crippen LogP contribution is -2.32. The van der Waals surface area contributed by atoms with E-state index in [4.69, 9.17) is 4.74 Å². The molecule has 9 heteroatoms. The molecule has 0 saturated carbocycles. The topological polar surface area (TPSA) is 158 Å². The Labute approximate surface area is 170 Å². The summed E-state index contributed by atoms with van der Waals surface area (Å²) < 4.78 is 5.77. The summed E-state index contributed by atoms with van der Waals surface area (Å²) in [5.41, 5.74) is -1.85. The van der Waals surface area contributed by atoms with E-state index in [1.807, 2.05) is 13.8 Å². The molecule has 3 rings (SSSR count). The molecule has 0 aromatic heterocycles. The minimum Gasteiger partial charge on any atom is -0.478 e. The van der Waals surface area contributed by atoms with Crippen LogP contribution in [0.1, 0.15) is 79.2 Å². The predicted octanol–water partition coefficient (Wildman–Crippen LogP) is 3.69. The van der Waals surface area contributed by atoms with Crippen molar-refractivity contribution in [2.24, 2.45) is 0 Å². The smallest absolute Gasteiger partial charge is 0.336 e. The van der Waals surface area contributed by atoms with Crippen LogP contribution in [0, 0.1) is 0 Å². The molecule has 0 amide bonds. The molecule has 156 valence electrons. The van der Waals surface area contributed by atoms with Gasteiger partial charge in [0, 0.05) is 16.5 Å². The Hall–Kier alpha value is -3.88. The molecule has 1 heterocycles. The molecular weight excluding hydrogens is 396 g/mol. The van der Waals surface area contributed by atoms with Crippen molar-refractivity contribution in [3.05, 3.63) is 57.6 Å². The first-order chi connectivity index (χ1) is 14.1. The molecule has 0 atom stereocenters. The van der Waals surface area contributed by atoms with E-state index in [1.165, 1.54) is 12.1 Å². The molecule has 0 aliphatic carbocycles. The maximum Gasteiger partial charge on any atom is 0.336 e. The summed E-state index contributed by atoms with van der Waals surface area (Å²) in [5.74, 6) is -5.56. The first-order valence-electron chi connectivity index (χ1n) is 9.05. The van der Waals surface area contributed by atoms with Crippen LogP contribution in [0.25, 0.3) is 0 Å². The van der Waals surface area contributed by atoms with Crippen molar-refractivity contribution < 1.29 is 44.3 Å². The average Bonchev–Trinajstić information content (AvgIpc) is 2.69. The van der Waals surface area contributed by atoms with E-state index in [1.54, 1.807) is 0 Å². The molecule has 2 aromatic rings. The molecule has 0 fully saturated rings. The number of ether oxygens (including phenoxy) is 1. The van der Waals surface area contributed by atoms with Crippen LogP contribution in [0.4, 0.5) is 0 Å². The van der Waals surface area contributed by atoms with E-state index in [9.17, 15) is 39.6 Å². The summed E-state index contributed by atoms with van der Waals surface area (Å²) in [6, 6.07) is 4.69. The summed E-state index contributed by atoms with van der Waals surface area (Å²) in [7, 11) is 0. The fourth-order valence-corrected chi connectivity index (χ4v) is 4.06. The van der Waals surface area contributed by atoms with Crippen LogP contribution in [-0.4, -0.2) is 44.3 Å². The van der Waals surface area contributed by atoms with Gasteiger partial charge in [-0.15, -0.1) is 0 Å². The summed E-state index contributed by atoms with van der Waals surface area (Å²) in [6.07, 6.45) is 0.813. The Kier molecular flexibility index (Phi) is 4.99. The molecule has 0 saturated heterocycles. The Morgan fingerprint density at radius 1 is 0.667 bits per heavy atom. The van der Waals surface area contributed by atoms with E-state index in [2.05, 4.69) is 0 Å². The highest BCUT2D eigenvalue weighted by molar-refractivity contribution is 6.04. The SMILES string of the molecule is CCC1(CC)c2cc(C(=O)O)c(C(=O)O)cc2Oc2cc(C(=O)O)c(C(=O)O)cc21. The number of benzene rings is 2. The highest BCUT2D eigenvalue weighted by Gasteiger charge is 2.42. The first kappa shape index (κ1) is 20.8. The van der Waals surface area contributed by atoms with Crippen molar-refractivity contribution in [1.29, 1.82) is 0 Å². The zero-order valence-electron chi connectivity index (χ0n) is 16.1. The van der Waals surface area contributed by atoms with Gasteiger partial charge in [0.25, 0.3) is 0 Å². The number of carboxylic acid groups (broad SMARTS) is 4. The highest BCUT2D eigenvalue weighted by atomic mass is 16.5. The number of carbonyl (C=O) groups is 4. The minimum absolute atomic E-state index is 0.0908. The van der Waals surface area contributed by atoms with Gasteiger partial charge in [-0.25, -0.2) is 19.2 Å². The zero-order chi connectivity index (χ0) is 22.4. The molecule has 1 aliphatic heterocycles. The normalized spacial score (nSPS) is 13.5. The van der Waals surface area contributed by atoms with Crippen molar-refractivity contribution in [1.82, 2.24) is 0 Å². The van der Waals surface area contributed by atoms with Gasteiger partial charge in [0.05, 0.1) is 22.3 Å². The third-order valence-electron chi connectivity index (χ3n) is 5.62. The van der Waals surface area contributed by atoms with Crippen molar-refractivity contribution in [2.45, 2.75) is 32.1 Å². The van der Waals surface area contributed by atoms with E-state index in [-0.39, 0.29) is 11.5 Å². The van der Waals surface area contributed by atoms with Crippen LogP contribution in [0.2, 0.25) is 0 Å². The largest absolute Gasteiger partial charge is 0.478 e. The van der Waals surface area contributed by atoms with Gasteiger partial charge >= 0.3 is 23.9 Å². The molecule has 0 radical (unpaired) electrons. The van der Waals surface area contributed by atoms with Crippen LogP contribution in [0.5, 0.6) is 11.5 Å². The molecule has 0 unspecified atom stereocenters. The molecule has 1 aliphatic rings. The number of carboxylic acids is 4. The third-order valence-corrected chi connectivity index (χ3v) is 5.62. The summed E-state index contributed by atoms with van der Waals surface area (Å²) >= 11 is 0. The summed E-state index contributed by atoms with van der Waals surface area (Å²) in [5, 5.41) is 37.8. The lowest BCUT2D eigenvalue weighted by atomic mass is 9.67. The van der Waals surface area contributed by atoms with E-state index >= 15 is 0 Å². The van der Waals surface area contributed by atoms with Gasteiger partial charge in [-0.05, 0) is 37.1 Å². The van der Waals surface area contributed by atoms with Gasteiger partial charge < -0.3 is 25.2 Å². The first-order valence-corrected chi connectivity index (χ1v) is 9.05.